The summed E-state index contributed by atoms with van der Waals surface area (Å²) in [7, 11) is 0. The van der Waals surface area contributed by atoms with Gasteiger partial charge >= 0.3 is 0 Å². The summed E-state index contributed by atoms with van der Waals surface area (Å²) in [6.07, 6.45) is 3.34. The third-order valence-corrected chi connectivity index (χ3v) is 4.29. The summed E-state index contributed by atoms with van der Waals surface area (Å²) < 4.78 is 11.2. The highest BCUT2D eigenvalue weighted by molar-refractivity contribution is 6.32. The molecule has 2 aliphatic rings. The van der Waals surface area contributed by atoms with E-state index in [0.29, 0.717) is 34.7 Å². The first-order valence-electron chi connectivity index (χ1n) is 7.35. The second-order valence-electron chi connectivity index (χ2n) is 5.77. The highest BCUT2D eigenvalue weighted by atomic mass is 35.5. The Morgan fingerprint density at radius 3 is 3.00 bits per heavy atom. The van der Waals surface area contributed by atoms with Crippen LogP contribution in [0.25, 0.3) is 0 Å². The number of hydrogen-bond donors (Lipinski definition) is 0. The van der Waals surface area contributed by atoms with Crippen LogP contribution in [0.15, 0.2) is 29.0 Å². The first-order chi connectivity index (χ1) is 10.6. The Hall–Kier alpha value is -2.01. The van der Waals surface area contributed by atoms with Gasteiger partial charge in [-0.2, -0.15) is 0 Å². The van der Waals surface area contributed by atoms with Crippen molar-refractivity contribution in [1.29, 1.82) is 0 Å². The van der Waals surface area contributed by atoms with Gasteiger partial charge in [-0.05, 0) is 31.9 Å². The van der Waals surface area contributed by atoms with Gasteiger partial charge in [-0.15, -0.1) is 0 Å². The number of benzene rings is 1. The normalized spacial score (nSPS) is 20.5. The topological polar surface area (TPSA) is 55.6 Å². The predicted molar refractivity (Wildman–Crippen MR) is 81.7 cm³/mol. The minimum absolute atomic E-state index is 0.136. The number of hydrogen-bond acceptors (Lipinski definition) is 4. The van der Waals surface area contributed by atoms with Gasteiger partial charge in [0.1, 0.15) is 6.10 Å². The number of para-hydroxylation sites is 1. The van der Waals surface area contributed by atoms with E-state index >= 15 is 0 Å². The molecule has 1 aromatic heterocycles. The summed E-state index contributed by atoms with van der Waals surface area (Å²) in [5, 5.41) is 0.502. The number of carbonyl (C=O) groups excluding carboxylic acids is 1. The number of oxazole rings is 1. The van der Waals surface area contributed by atoms with Crippen LogP contribution in [0.4, 0.5) is 5.69 Å². The molecule has 1 fully saturated rings. The van der Waals surface area contributed by atoms with Gasteiger partial charge in [0.25, 0.3) is 5.91 Å². The SMILES string of the molecule is C[C@H]1CN(C(=O)c2ocnc2C2CC2)c2cccc(Cl)c2O1. The van der Waals surface area contributed by atoms with E-state index in [1.807, 2.05) is 19.1 Å². The van der Waals surface area contributed by atoms with E-state index in [-0.39, 0.29) is 12.0 Å². The van der Waals surface area contributed by atoms with E-state index < -0.39 is 0 Å². The number of amides is 1. The molecule has 114 valence electrons. The van der Waals surface area contributed by atoms with E-state index in [2.05, 4.69) is 4.98 Å². The third-order valence-electron chi connectivity index (χ3n) is 3.99. The second-order valence-corrected chi connectivity index (χ2v) is 6.18. The molecule has 1 aliphatic heterocycles. The first kappa shape index (κ1) is 13.6. The van der Waals surface area contributed by atoms with Gasteiger partial charge in [-0.25, -0.2) is 4.98 Å². The molecule has 4 rings (SSSR count). The monoisotopic (exact) mass is 318 g/mol. The molecular formula is C16H15ClN2O3. The van der Waals surface area contributed by atoms with Crippen LogP contribution in [-0.4, -0.2) is 23.5 Å². The summed E-state index contributed by atoms with van der Waals surface area (Å²) in [6, 6.07) is 5.40. The highest BCUT2D eigenvalue weighted by Crippen LogP contribution is 2.43. The lowest BCUT2D eigenvalue weighted by Crippen LogP contribution is -2.42. The Bertz CT molecular complexity index is 739. The van der Waals surface area contributed by atoms with E-state index in [0.717, 1.165) is 18.5 Å². The second kappa shape index (κ2) is 5.02. The highest BCUT2D eigenvalue weighted by Gasteiger charge is 2.36. The van der Waals surface area contributed by atoms with Gasteiger partial charge in [-0.1, -0.05) is 17.7 Å². The molecule has 1 aliphatic carbocycles. The lowest BCUT2D eigenvalue weighted by molar-refractivity contribution is 0.0933. The van der Waals surface area contributed by atoms with Crippen molar-refractivity contribution in [2.45, 2.75) is 31.8 Å². The van der Waals surface area contributed by atoms with Crippen molar-refractivity contribution < 1.29 is 13.9 Å². The van der Waals surface area contributed by atoms with Crippen molar-refractivity contribution in [2.24, 2.45) is 0 Å². The number of halogens is 1. The maximum Gasteiger partial charge on any atom is 0.296 e. The zero-order chi connectivity index (χ0) is 15.3. The Labute approximate surface area is 132 Å². The largest absolute Gasteiger partial charge is 0.485 e. The molecule has 22 heavy (non-hydrogen) atoms. The Kier molecular flexibility index (Phi) is 3.11. The first-order valence-corrected chi connectivity index (χ1v) is 7.73. The molecule has 0 unspecified atom stereocenters. The van der Waals surface area contributed by atoms with Crippen molar-refractivity contribution in [3.63, 3.8) is 0 Å². The third kappa shape index (κ3) is 2.16. The molecule has 1 aromatic carbocycles. The Balaban J connectivity index is 1.75. The molecule has 1 atom stereocenters. The molecule has 5 nitrogen and oxygen atoms in total. The van der Waals surface area contributed by atoms with Crippen molar-refractivity contribution in [1.82, 2.24) is 4.98 Å². The smallest absolute Gasteiger partial charge is 0.296 e. The molecule has 0 saturated heterocycles. The molecule has 2 aromatic rings. The fourth-order valence-electron chi connectivity index (χ4n) is 2.80. The summed E-state index contributed by atoms with van der Waals surface area (Å²) in [4.78, 5) is 18.8. The fraction of sp³-hybridized carbons (Fsp3) is 0.375. The lowest BCUT2D eigenvalue weighted by Gasteiger charge is -2.33. The van der Waals surface area contributed by atoms with Gasteiger partial charge in [0.2, 0.25) is 5.76 Å². The number of ether oxygens (including phenoxy) is 1. The Morgan fingerprint density at radius 2 is 2.23 bits per heavy atom. The van der Waals surface area contributed by atoms with Crippen LogP contribution in [0.1, 0.15) is 41.9 Å². The molecule has 0 N–H and O–H groups in total. The number of anilines is 1. The van der Waals surface area contributed by atoms with Crippen LogP contribution >= 0.6 is 11.6 Å². The number of nitrogens with zero attached hydrogens (tertiary/aromatic N) is 2. The van der Waals surface area contributed by atoms with Gasteiger partial charge in [0, 0.05) is 5.92 Å². The van der Waals surface area contributed by atoms with Crippen LogP contribution in [0.2, 0.25) is 5.02 Å². The molecular weight excluding hydrogens is 304 g/mol. The quantitative estimate of drug-likeness (QED) is 0.848. The summed E-state index contributed by atoms with van der Waals surface area (Å²) >= 11 is 6.20. The molecule has 2 heterocycles. The Morgan fingerprint density at radius 1 is 1.41 bits per heavy atom. The van der Waals surface area contributed by atoms with Crippen LogP contribution in [0.5, 0.6) is 5.75 Å². The number of aromatic nitrogens is 1. The van der Waals surface area contributed by atoms with Gasteiger partial charge in [0.15, 0.2) is 12.1 Å². The standard InChI is InChI=1S/C16H15ClN2O3/c1-9-7-19(12-4-2-3-11(17)14(12)22-9)16(20)15-13(10-5-6-10)18-8-21-15/h2-4,8-10H,5-7H2,1H3/t9-/m0/s1. The molecule has 6 heteroatoms. The van der Waals surface area contributed by atoms with Crippen LogP contribution in [0, 0.1) is 0 Å². The van der Waals surface area contributed by atoms with Gasteiger partial charge in [-0.3, -0.25) is 9.69 Å². The lowest BCUT2D eigenvalue weighted by atomic mass is 10.1. The van der Waals surface area contributed by atoms with E-state index in [1.165, 1.54) is 6.39 Å². The molecule has 1 saturated carbocycles. The summed E-state index contributed by atoms with van der Waals surface area (Å²) in [5.74, 6) is 1.05. The summed E-state index contributed by atoms with van der Waals surface area (Å²) in [6.45, 7) is 2.37. The predicted octanol–water partition coefficient (Wildman–Crippen LogP) is 3.63. The zero-order valence-electron chi connectivity index (χ0n) is 12.1. The number of fused-ring (bicyclic) bond motifs is 1. The molecule has 0 bridgehead atoms. The fourth-order valence-corrected chi connectivity index (χ4v) is 3.01. The van der Waals surface area contributed by atoms with Crippen molar-refractivity contribution in [2.75, 3.05) is 11.4 Å². The van der Waals surface area contributed by atoms with Crippen LogP contribution in [-0.2, 0) is 0 Å². The molecule has 0 radical (unpaired) electrons. The minimum Gasteiger partial charge on any atom is -0.485 e. The summed E-state index contributed by atoms with van der Waals surface area (Å²) in [5.41, 5.74) is 1.45. The maximum atomic E-state index is 12.9. The number of carbonyl (C=O) groups is 1. The molecule has 0 spiro atoms. The van der Waals surface area contributed by atoms with Gasteiger partial charge < -0.3 is 9.15 Å². The molecule has 1 amide bonds. The van der Waals surface area contributed by atoms with Crippen molar-refractivity contribution in [3.8, 4) is 5.75 Å². The van der Waals surface area contributed by atoms with E-state index in [9.17, 15) is 4.79 Å². The van der Waals surface area contributed by atoms with Crippen LogP contribution in [0.3, 0.4) is 0 Å². The zero-order valence-corrected chi connectivity index (χ0v) is 12.8. The van der Waals surface area contributed by atoms with E-state index in [4.69, 9.17) is 20.8 Å². The van der Waals surface area contributed by atoms with Crippen molar-refractivity contribution >= 4 is 23.2 Å². The average molecular weight is 319 g/mol. The van der Waals surface area contributed by atoms with Gasteiger partial charge in [0.05, 0.1) is 22.9 Å². The minimum atomic E-state index is -0.182. The van der Waals surface area contributed by atoms with Crippen LogP contribution < -0.4 is 9.64 Å². The number of rotatable bonds is 2. The van der Waals surface area contributed by atoms with Crippen molar-refractivity contribution in [3.05, 3.63) is 41.1 Å². The maximum absolute atomic E-state index is 12.9. The van der Waals surface area contributed by atoms with E-state index in [1.54, 1.807) is 11.0 Å². The average Bonchev–Trinajstić information content (AvgIpc) is 3.24.